The summed E-state index contributed by atoms with van der Waals surface area (Å²) in [5.41, 5.74) is -0.654. The number of carbonyl (C=O) groups excluding carboxylic acids is 1. The molecule has 0 saturated heterocycles. The molecule has 0 aliphatic heterocycles. The molecule has 0 aliphatic rings. The lowest BCUT2D eigenvalue weighted by Gasteiger charge is -2.28. The molecule has 0 amide bonds. The van der Waals surface area contributed by atoms with E-state index in [-0.39, 0.29) is 5.39 Å². The summed E-state index contributed by atoms with van der Waals surface area (Å²) in [6.07, 6.45) is -7.68. The van der Waals surface area contributed by atoms with Gasteiger partial charge in [0.25, 0.3) is 0 Å². The molecule has 2 rings (SSSR count). The van der Waals surface area contributed by atoms with Crippen molar-refractivity contribution >= 4 is 16.6 Å². The quantitative estimate of drug-likeness (QED) is 0.770. The Hall–Kier alpha value is -2.46. The largest absolute Gasteiger partial charge is 0.398 e. The van der Waals surface area contributed by atoms with E-state index < -0.39 is 41.8 Å². The highest BCUT2D eigenvalue weighted by molar-refractivity contribution is 5.90. The highest BCUT2D eigenvalue weighted by Gasteiger charge is 2.50. The van der Waals surface area contributed by atoms with Crippen molar-refractivity contribution in [1.29, 1.82) is 5.26 Å². The maximum Gasteiger partial charge on any atom is 0.398 e. The van der Waals surface area contributed by atoms with Crippen molar-refractivity contribution < 1.29 is 27.1 Å². The van der Waals surface area contributed by atoms with E-state index in [1.807, 2.05) is 0 Å². The molecule has 126 valence electrons. The first kappa shape index (κ1) is 17.9. The fraction of sp³-hybridized carbons (Fsp3) is 0.294. The van der Waals surface area contributed by atoms with Gasteiger partial charge in [-0.05, 0) is 16.8 Å². The van der Waals surface area contributed by atoms with Crippen LogP contribution in [0.4, 0.5) is 17.6 Å². The SMILES string of the molecule is COC(C(=O)CC#N)C(c1c(F)ccc2ccccc12)C(F)(F)F. The van der Waals surface area contributed by atoms with Crippen molar-refractivity contribution in [3.8, 4) is 6.07 Å². The van der Waals surface area contributed by atoms with Gasteiger partial charge in [0.2, 0.25) is 0 Å². The molecule has 0 aromatic heterocycles. The molecule has 0 aliphatic carbocycles. The fourth-order valence-corrected chi connectivity index (χ4v) is 2.70. The van der Waals surface area contributed by atoms with E-state index in [4.69, 9.17) is 10.00 Å². The van der Waals surface area contributed by atoms with Crippen LogP contribution in [-0.4, -0.2) is 25.2 Å². The van der Waals surface area contributed by atoms with Crippen molar-refractivity contribution in [2.24, 2.45) is 0 Å². The van der Waals surface area contributed by atoms with Gasteiger partial charge in [-0.25, -0.2) is 4.39 Å². The molecule has 0 fully saturated rings. The number of nitriles is 1. The number of halogens is 4. The monoisotopic (exact) mass is 339 g/mol. The van der Waals surface area contributed by atoms with Crippen LogP contribution >= 0.6 is 0 Å². The van der Waals surface area contributed by atoms with Crippen molar-refractivity contribution in [1.82, 2.24) is 0 Å². The van der Waals surface area contributed by atoms with Crippen LogP contribution in [-0.2, 0) is 9.53 Å². The summed E-state index contributed by atoms with van der Waals surface area (Å²) >= 11 is 0. The van der Waals surface area contributed by atoms with Crippen LogP contribution in [0.5, 0.6) is 0 Å². The zero-order chi connectivity index (χ0) is 17.9. The van der Waals surface area contributed by atoms with Crippen LogP contribution < -0.4 is 0 Å². The Labute approximate surface area is 135 Å². The minimum Gasteiger partial charge on any atom is -0.373 e. The number of rotatable bonds is 5. The molecule has 2 unspecified atom stereocenters. The predicted octanol–water partition coefficient (Wildman–Crippen LogP) is 4.12. The lowest BCUT2D eigenvalue weighted by molar-refractivity contribution is -0.180. The van der Waals surface area contributed by atoms with Gasteiger partial charge < -0.3 is 4.74 Å². The van der Waals surface area contributed by atoms with Crippen LogP contribution in [0.1, 0.15) is 17.9 Å². The van der Waals surface area contributed by atoms with Crippen LogP contribution in [0.2, 0.25) is 0 Å². The lowest BCUT2D eigenvalue weighted by Crippen LogP contribution is -2.39. The third-order valence-electron chi connectivity index (χ3n) is 3.71. The normalized spacial score (nSPS) is 14.2. The topological polar surface area (TPSA) is 50.1 Å². The Morgan fingerprint density at radius 3 is 2.50 bits per heavy atom. The number of nitrogens with zero attached hydrogens (tertiary/aromatic N) is 1. The Morgan fingerprint density at radius 1 is 1.25 bits per heavy atom. The Kier molecular flexibility index (Phi) is 5.20. The van der Waals surface area contributed by atoms with E-state index in [9.17, 15) is 22.4 Å². The van der Waals surface area contributed by atoms with Crippen molar-refractivity contribution in [2.45, 2.75) is 24.6 Å². The van der Waals surface area contributed by atoms with Gasteiger partial charge in [-0.15, -0.1) is 0 Å². The van der Waals surface area contributed by atoms with E-state index in [0.29, 0.717) is 5.39 Å². The minimum atomic E-state index is -4.93. The van der Waals surface area contributed by atoms with E-state index in [0.717, 1.165) is 13.2 Å². The van der Waals surface area contributed by atoms with Crippen LogP contribution in [0.15, 0.2) is 36.4 Å². The smallest absolute Gasteiger partial charge is 0.373 e. The minimum absolute atomic E-state index is 0.0478. The van der Waals surface area contributed by atoms with Crippen LogP contribution in [0, 0.1) is 17.1 Å². The van der Waals surface area contributed by atoms with Crippen molar-refractivity contribution in [2.75, 3.05) is 7.11 Å². The molecule has 24 heavy (non-hydrogen) atoms. The summed E-state index contributed by atoms with van der Waals surface area (Å²) in [5, 5.41) is 9.04. The molecule has 0 saturated carbocycles. The second-order valence-electron chi connectivity index (χ2n) is 5.16. The van der Waals surface area contributed by atoms with E-state index in [2.05, 4.69) is 0 Å². The number of ether oxygens (including phenoxy) is 1. The molecule has 0 spiro atoms. The number of fused-ring (bicyclic) bond motifs is 1. The molecular formula is C17H13F4NO2. The first-order valence-electron chi connectivity index (χ1n) is 6.97. The first-order chi connectivity index (χ1) is 11.3. The molecule has 2 aromatic carbocycles. The second-order valence-corrected chi connectivity index (χ2v) is 5.16. The van der Waals surface area contributed by atoms with Gasteiger partial charge in [-0.2, -0.15) is 18.4 Å². The molecule has 2 aromatic rings. The molecule has 0 N–H and O–H groups in total. The molecule has 0 heterocycles. The van der Waals surface area contributed by atoms with Gasteiger partial charge in [-0.3, -0.25) is 4.79 Å². The van der Waals surface area contributed by atoms with Gasteiger partial charge in [0.1, 0.15) is 17.8 Å². The highest BCUT2D eigenvalue weighted by atomic mass is 19.4. The van der Waals surface area contributed by atoms with Gasteiger partial charge >= 0.3 is 6.18 Å². The number of ketones is 1. The van der Waals surface area contributed by atoms with Gasteiger partial charge in [0.05, 0.1) is 12.5 Å². The fourth-order valence-electron chi connectivity index (χ4n) is 2.70. The maximum absolute atomic E-state index is 14.3. The summed E-state index contributed by atoms with van der Waals surface area (Å²) in [6, 6.07) is 9.79. The van der Waals surface area contributed by atoms with E-state index in [1.165, 1.54) is 24.3 Å². The zero-order valence-electron chi connectivity index (χ0n) is 12.6. The van der Waals surface area contributed by atoms with Crippen molar-refractivity contribution in [3.63, 3.8) is 0 Å². The summed E-state index contributed by atoms with van der Waals surface area (Å²) in [4.78, 5) is 11.9. The number of carbonyl (C=O) groups is 1. The Bertz CT molecular complexity index is 795. The molecule has 2 atom stereocenters. The number of hydrogen-bond donors (Lipinski definition) is 0. The average molecular weight is 339 g/mol. The number of alkyl halides is 3. The summed E-state index contributed by atoms with van der Waals surface area (Å²) < 4.78 is 60.0. The second kappa shape index (κ2) is 6.97. The number of benzene rings is 2. The molecule has 7 heteroatoms. The average Bonchev–Trinajstić information content (AvgIpc) is 2.52. The summed E-state index contributed by atoms with van der Waals surface area (Å²) in [6.45, 7) is 0. The Morgan fingerprint density at radius 2 is 1.92 bits per heavy atom. The standard InChI is InChI=1S/C17H13F4NO2/c1-24-16(13(23)8-9-22)15(17(19,20)21)14-11-5-3-2-4-10(11)6-7-12(14)18/h2-7,15-16H,8H2,1H3. The van der Waals surface area contributed by atoms with Crippen LogP contribution in [0.25, 0.3) is 10.8 Å². The van der Waals surface area contributed by atoms with E-state index >= 15 is 0 Å². The summed E-state index contributed by atoms with van der Waals surface area (Å²) in [5.74, 6) is -4.63. The third kappa shape index (κ3) is 3.39. The van der Waals surface area contributed by atoms with Gasteiger partial charge in [0.15, 0.2) is 5.78 Å². The molecule has 0 radical (unpaired) electrons. The number of hydrogen-bond acceptors (Lipinski definition) is 3. The van der Waals surface area contributed by atoms with Gasteiger partial charge in [-0.1, -0.05) is 30.3 Å². The van der Waals surface area contributed by atoms with Crippen LogP contribution in [0.3, 0.4) is 0 Å². The molecular weight excluding hydrogens is 326 g/mol. The van der Waals surface area contributed by atoms with Gasteiger partial charge in [0, 0.05) is 12.7 Å². The zero-order valence-corrected chi connectivity index (χ0v) is 12.6. The Balaban J connectivity index is 2.72. The lowest BCUT2D eigenvalue weighted by atomic mass is 9.86. The molecule has 3 nitrogen and oxygen atoms in total. The maximum atomic E-state index is 14.3. The highest BCUT2D eigenvalue weighted by Crippen LogP contribution is 2.43. The van der Waals surface area contributed by atoms with E-state index in [1.54, 1.807) is 12.1 Å². The number of Topliss-reactive ketones (excluding diaryl/α,β-unsaturated/α-hetero) is 1. The predicted molar refractivity (Wildman–Crippen MR) is 78.7 cm³/mol. The molecule has 0 bridgehead atoms. The summed E-state index contributed by atoms with van der Waals surface area (Å²) in [7, 11) is 0.932. The van der Waals surface area contributed by atoms with Crippen molar-refractivity contribution in [3.05, 3.63) is 47.8 Å². The first-order valence-corrected chi connectivity index (χ1v) is 6.97. The number of methoxy groups -OCH3 is 1. The third-order valence-corrected chi connectivity index (χ3v) is 3.71.